The fourth-order valence-corrected chi connectivity index (χ4v) is 3.09. The first-order valence-corrected chi connectivity index (χ1v) is 8.45. The number of nitrogens with two attached hydrogens (primary N) is 1. The number of amides is 1. The highest BCUT2D eigenvalue weighted by Crippen LogP contribution is 2.32. The Morgan fingerprint density at radius 2 is 2.04 bits per heavy atom. The quantitative estimate of drug-likeness (QED) is 0.660. The molecule has 0 unspecified atom stereocenters. The number of nitrogens with zero attached hydrogens (tertiary/aromatic N) is 3. The summed E-state index contributed by atoms with van der Waals surface area (Å²) in [5.74, 6) is -0.0585. The number of amidine groups is 1. The third-order valence-corrected chi connectivity index (χ3v) is 4.41. The third-order valence-electron chi connectivity index (χ3n) is 4.09. The van der Waals surface area contributed by atoms with E-state index < -0.39 is 0 Å². The van der Waals surface area contributed by atoms with Crippen LogP contribution in [0.3, 0.4) is 0 Å². The van der Waals surface area contributed by atoms with E-state index in [-0.39, 0.29) is 18.3 Å². The molecule has 0 atom stereocenters. The first-order valence-electron chi connectivity index (χ1n) is 8.07. The lowest BCUT2D eigenvalue weighted by Gasteiger charge is -2.13. The zero-order chi connectivity index (χ0) is 18.7. The second-order valence-electron chi connectivity index (χ2n) is 6.08. The van der Waals surface area contributed by atoms with Crippen LogP contribution in [0.4, 0.5) is 4.39 Å². The van der Waals surface area contributed by atoms with Crippen molar-refractivity contribution in [2.45, 2.75) is 20.0 Å². The van der Waals surface area contributed by atoms with Crippen LogP contribution in [0.1, 0.15) is 18.1 Å². The van der Waals surface area contributed by atoms with Crippen LogP contribution in [-0.2, 0) is 17.9 Å². The van der Waals surface area contributed by atoms with Crippen molar-refractivity contribution in [2.75, 3.05) is 6.54 Å². The first-order chi connectivity index (χ1) is 12.4. The highest BCUT2D eigenvalue weighted by atomic mass is 35.5. The zero-order valence-corrected chi connectivity index (χ0v) is 15.0. The Balaban J connectivity index is 1.72. The maximum absolute atomic E-state index is 13.2. The van der Waals surface area contributed by atoms with Gasteiger partial charge in [0.05, 0.1) is 10.9 Å². The molecular formula is C19H18ClFN4O. The normalized spacial score (nSPS) is 14.1. The molecule has 0 spiro atoms. The van der Waals surface area contributed by atoms with Crippen molar-refractivity contribution >= 4 is 29.7 Å². The van der Waals surface area contributed by atoms with Crippen LogP contribution in [0.15, 0.2) is 46.4 Å². The zero-order valence-electron chi connectivity index (χ0n) is 14.2. The van der Waals surface area contributed by atoms with Gasteiger partial charge in [0, 0.05) is 18.7 Å². The van der Waals surface area contributed by atoms with Crippen molar-refractivity contribution in [1.29, 1.82) is 0 Å². The summed E-state index contributed by atoms with van der Waals surface area (Å²) < 4.78 is 13.2. The molecule has 0 radical (unpaired) electrons. The number of carbonyl (C=O) groups excluding carboxylic acids is 1. The summed E-state index contributed by atoms with van der Waals surface area (Å²) in [5, 5.41) is 0.362. The first kappa shape index (κ1) is 18.1. The monoisotopic (exact) mass is 372 g/mol. The Morgan fingerprint density at radius 1 is 1.27 bits per heavy atom. The molecular weight excluding hydrogens is 355 g/mol. The lowest BCUT2D eigenvalue weighted by atomic mass is 10.0. The molecule has 0 aromatic heterocycles. The predicted octanol–water partition coefficient (Wildman–Crippen LogP) is 3.39. The second-order valence-corrected chi connectivity index (χ2v) is 6.49. The Hall–Kier alpha value is -2.73. The van der Waals surface area contributed by atoms with Crippen LogP contribution in [0.25, 0.3) is 11.1 Å². The van der Waals surface area contributed by atoms with Crippen molar-refractivity contribution in [1.82, 2.24) is 4.90 Å². The summed E-state index contributed by atoms with van der Waals surface area (Å²) in [7, 11) is 0. The van der Waals surface area contributed by atoms with Gasteiger partial charge in [0.1, 0.15) is 18.7 Å². The van der Waals surface area contributed by atoms with Crippen LogP contribution in [0.5, 0.6) is 0 Å². The van der Waals surface area contributed by atoms with Crippen molar-refractivity contribution in [3.8, 4) is 11.1 Å². The summed E-state index contributed by atoms with van der Waals surface area (Å²) in [6.45, 7) is 2.73. The number of aliphatic imine (C=N–C) groups is 2. The molecule has 3 rings (SSSR count). The fraction of sp³-hybridized carbons (Fsp3) is 0.211. The van der Waals surface area contributed by atoms with E-state index in [1.54, 1.807) is 17.9 Å². The van der Waals surface area contributed by atoms with Crippen molar-refractivity contribution < 1.29 is 9.18 Å². The summed E-state index contributed by atoms with van der Waals surface area (Å²) in [6.07, 6.45) is 1.30. The number of benzene rings is 2. The molecule has 7 heteroatoms. The molecule has 1 aliphatic rings. The van der Waals surface area contributed by atoms with Gasteiger partial charge in [-0.25, -0.2) is 9.38 Å². The van der Waals surface area contributed by atoms with Gasteiger partial charge in [-0.05, 0) is 47.9 Å². The Kier molecular flexibility index (Phi) is 5.32. The summed E-state index contributed by atoms with van der Waals surface area (Å²) in [6, 6.07) is 10.2. The number of hydrogen-bond acceptors (Lipinski definition) is 2. The Morgan fingerprint density at radius 3 is 2.77 bits per heavy atom. The van der Waals surface area contributed by atoms with Gasteiger partial charge >= 0.3 is 0 Å². The number of halogens is 2. The van der Waals surface area contributed by atoms with Crippen LogP contribution in [-0.4, -0.2) is 29.5 Å². The molecule has 0 saturated carbocycles. The molecule has 2 N–H and O–H groups in total. The molecule has 2 aromatic carbocycles. The van der Waals surface area contributed by atoms with Gasteiger partial charge in [-0.3, -0.25) is 9.79 Å². The van der Waals surface area contributed by atoms with Crippen molar-refractivity contribution in [3.63, 3.8) is 0 Å². The Labute approximate surface area is 156 Å². The molecule has 0 saturated heterocycles. The van der Waals surface area contributed by atoms with E-state index in [0.717, 1.165) is 22.3 Å². The minimum atomic E-state index is -0.369. The van der Waals surface area contributed by atoms with Gasteiger partial charge in [-0.2, -0.15) is 0 Å². The number of hydrogen-bond donors (Lipinski definition) is 1. The van der Waals surface area contributed by atoms with E-state index in [4.69, 9.17) is 17.3 Å². The molecule has 2 aromatic rings. The van der Waals surface area contributed by atoms with Crippen LogP contribution >= 0.6 is 11.6 Å². The lowest BCUT2D eigenvalue weighted by Crippen LogP contribution is -2.27. The van der Waals surface area contributed by atoms with E-state index in [2.05, 4.69) is 9.98 Å². The van der Waals surface area contributed by atoms with Gasteiger partial charge < -0.3 is 10.6 Å². The van der Waals surface area contributed by atoms with Gasteiger partial charge in [-0.1, -0.05) is 23.7 Å². The van der Waals surface area contributed by atoms with E-state index in [0.29, 0.717) is 23.9 Å². The Bertz CT molecular complexity index is 906. The molecule has 1 heterocycles. The minimum Gasteiger partial charge on any atom is -0.387 e. The molecule has 0 bridgehead atoms. The molecule has 1 aliphatic heterocycles. The molecule has 1 amide bonds. The van der Waals surface area contributed by atoms with Crippen molar-refractivity contribution in [3.05, 3.63) is 58.4 Å². The van der Waals surface area contributed by atoms with E-state index >= 15 is 0 Å². The third kappa shape index (κ3) is 4.08. The largest absolute Gasteiger partial charge is 0.387 e. The maximum atomic E-state index is 13.2. The smallest absolute Gasteiger partial charge is 0.244 e. The highest BCUT2D eigenvalue weighted by Gasteiger charge is 2.23. The van der Waals surface area contributed by atoms with Crippen LogP contribution < -0.4 is 5.73 Å². The molecule has 26 heavy (non-hydrogen) atoms. The lowest BCUT2D eigenvalue weighted by molar-refractivity contribution is -0.130. The summed E-state index contributed by atoms with van der Waals surface area (Å²) >= 11 is 6.15. The molecule has 0 fully saturated rings. The van der Waals surface area contributed by atoms with Crippen LogP contribution in [0.2, 0.25) is 5.02 Å². The fourth-order valence-electron chi connectivity index (χ4n) is 2.81. The number of fused-ring (bicyclic) bond motifs is 1. The van der Waals surface area contributed by atoms with Crippen molar-refractivity contribution in [2.24, 2.45) is 15.7 Å². The average Bonchev–Trinajstić information content (AvgIpc) is 3.01. The highest BCUT2D eigenvalue weighted by molar-refractivity contribution is 6.33. The van der Waals surface area contributed by atoms with E-state index in [9.17, 15) is 9.18 Å². The van der Waals surface area contributed by atoms with Gasteiger partial charge in [0.25, 0.3) is 0 Å². The van der Waals surface area contributed by atoms with E-state index in [1.165, 1.54) is 18.5 Å². The topological polar surface area (TPSA) is 71.0 Å². The maximum Gasteiger partial charge on any atom is 0.244 e. The van der Waals surface area contributed by atoms with Gasteiger partial charge in [0.2, 0.25) is 5.91 Å². The van der Waals surface area contributed by atoms with Gasteiger partial charge in [-0.15, -0.1) is 0 Å². The molecule has 5 nitrogen and oxygen atoms in total. The summed E-state index contributed by atoms with van der Waals surface area (Å²) in [4.78, 5) is 21.8. The number of rotatable bonds is 4. The van der Waals surface area contributed by atoms with Gasteiger partial charge in [0.15, 0.2) is 0 Å². The SMILES string of the molecule is CC(N)=NC=NCC(=O)N1Cc2ccc(-c3ccc(F)cc3Cl)cc2C1. The predicted molar refractivity (Wildman–Crippen MR) is 102 cm³/mol. The summed E-state index contributed by atoms with van der Waals surface area (Å²) in [5.41, 5.74) is 9.20. The standard InChI is InChI=1S/C19H18ClFN4O/c1-12(22)24-11-23-8-19(26)25-9-14-3-2-13(6-15(14)10-25)17-5-4-16(21)7-18(17)20/h2-7,11H,8-10H2,1H3,(H2,22,23,24). The van der Waals surface area contributed by atoms with Crippen LogP contribution in [0, 0.1) is 5.82 Å². The minimum absolute atomic E-state index is 0.0292. The molecule has 0 aliphatic carbocycles. The molecule has 134 valence electrons. The number of carbonyl (C=O) groups is 1. The average molecular weight is 373 g/mol. The van der Waals surface area contributed by atoms with E-state index in [1.807, 2.05) is 18.2 Å². The second kappa shape index (κ2) is 7.66.